The largest absolute Gasteiger partial charge is 0.420 e. The summed E-state index contributed by atoms with van der Waals surface area (Å²) in [5, 5.41) is 0. The van der Waals surface area contributed by atoms with Crippen molar-refractivity contribution in [1.82, 2.24) is 0 Å². The first-order chi connectivity index (χ1) is 8.97. The number of benzene rings is 1. The molecule has 1 aliphatic rings. The van der Waals surface area contributed by atoms with E-state index in [0.29, 0.717) is 12.8 Å². The van der Waals surface area contributed by atoms with E-state index in [9.17, 15) is 22.4 Å². The first-order valence-corrected chi connectivity index (χ1v) is 5.64. The first-order valence-electron chi connectivity index (χ1n) is 5.64. The Morgan fingerprint density at radius 2 is 1.68 bits per heavy atom. The number of carbonyl (C=O) groups excluding carboxylic acids is 1. The highest BCUT2D eigenvalue weighted by molar-refractivity contribution is 5.77. The van der Waals surface area contributed by atoms with Gasteiger partial charge >= 0.3 is 5.97 Å². The highest BCUT2D eigenvalue weighted by atomic mass is 19.2. The number of halogens is 4. The van der Waals surface area contributed by atoms with Crippen LogP contribution in [-0.4, -0.2) is 5.97 Å². The fourth-order valence-electron chi connectivity index (χ4n) is 1.57. The van der Waals surface area contributed by atoms with Gasteiger partial charge in [0.25, 0.3) is 0 Å². The maximum Gasteiger partial charge on any atom is 0.314 e. The third kappa shape index (κ3) is 2.47. The molecular formula is C13H10F4O2. The van der Waals surface area contributed by atoms with Crippen molar-refractivity contribution in [3.63, 3.8) is 0 Å². The number of allylic oxidation sites excluding steroid dienone is 1. The zero-order valence-electron chi connectivity index (χ0n) is 9.81. The molecule has 1 aromatic rings. The molecule has 0 spiro atoms. The van der Waals surface area contributed by atoms with Gasteiger partial charge in [0.15, 0.2) is 11.6 Å². The SMILES string of the molecule is C=CCc1c(F)c(F)c(OC(=O)C2CC2)c(F)c1F. The van der Waals surface area contributed by atoms with Gasteiger partial charge in [-0.05, 0) is 19.3 Å². The Hall–Kier alpha value is -1.85. The van der Waals surface area contributed by atoms with Gasteiger partial charge in [0, 0.05) is 5.56 Å². The number of rotatable bonds is 4. The van der Waals surface area contributed by atoms with Gasteiger partial charge in [0.05, 0.1) is 5.92 Å². The summed E-state index contributed by atoms with van der Waals surface area (Å²) in [6.07, 6.45) is 1.82. The number of esters is 1. The smallest absolute Gasteiger partial charge is 0.314 e. The third-order valence-electron chi connectivity index (χ3n) is 2.78. The lowest BCUT2D eigenvalue weighted by Crippen LogP contribution is -2.15. The molecule has 1 aliphatic carbocycles. The van der Waals surface area contributed by atoms with Gasteiger partial charge < -0.3 is 4.74 Å². The van der Waals surface area contributed by atoms with Crippen LogP contribution in [0.5, 0.6) is 5.75 Å². The molecule has 0 bridgehead atoms. The normalized spacial score (nSPS) is 14.3. The summed E-state index contributed by atoms with van der Waals surface area (Å²) in [7, 11) is 0. The number of hydrogen-bond acceptors (Lipinski definition) is 2. The minimum absolute atomic E-state index is 0.373. The zero-order chi connectivity index (χ0) is 14.2. The van der Waals surface area contributed by atoms with Crippen LogP contribution in [0.4, 0.5) is 17.6 Å². The number of carbonyl (C=O) groups is 1. The molecule has 1 fully saturated rings. The lowest BCUT2D eigenvalue weighted by Gasteiger charge is -2.10. The molecule has 0 saturated heterocycles. The minimum atomic E-state index is -1.70. The zero-order valence-corrected chi connectivity index (χ0v) is 9.81. The lowest BCUT2D eigenvalue weighted by molar-refractivity contribution is -0.136. The topological polar surface area (TPSA) is 26.3 Å². The molecule has 102 valence electrons. The summed E-state index contributed by atoms with van der Waals surface area (Å²) in [4.78, 5) is 11.3. The predicted molar refractivity (Wildman–Crippen MR) is 58.5 cm³/mol. The van der Waals surface area contributed by atoms with Crippen LogP contribution in [0.25, 0.3) is 0 Å². The van der Waals surface area contributed by atoms with Crippen LogP contribution in [0.2, 0.25) is 0 Å². The molecule has 0 aromatic heterocycles. The fourth-order valence-corrected chi connectivity index (χ4v) is 1.57. The van der Waals surface area contributed by atoms with Gasteiger partial charge in [-0.2, -0.15) is 8.78 Å². The summed E-state index contributed by atoms with van der Waals surface area (Å²) in [5.74, 6) is -9.20. The van der Waals surface area contributed by atoms with Crippen molar-refractivity contribution in [3.8, 4) is 5.75 Å². The van der Waals surface area contributed by atoms with E-state index in [2.05, 4.69) is 11.3 Å². The molecule has 19 heavy (non-hydrogen) atoms. The van der Waals surface area contributed by atoms with Crippen molar-refractivity contribution in [2.75, 3.05) is 0 Å². The molecule has 1 aromatic carbocycles. The van der Waals surface area contributed by atoms with Gasteiger partial charge in [-0.15, -0.1) is 6.58 Å². The second-order valence-corrected chi connectivity index (χ2v) is 4.25. The average molecular weight is 274 g/mol. The summed E-state index contributed by atoms with van der Waals surface area (Å²) in [5.41, 5.74) is -0.781. The lowest BCUT2D eigenvalue weighted by atomic mass is 10.1. The Kier molecular flexibility index (Phi) is 3.59. The molecule has 0 amide bonds. The minimum Gasteiger partial charge on any atom is -0.420 e. The first kappa shape index (κ1) is 13.6. The molecule has 0 aliphatic heterocycles. The summed E-state index contributed by atoms with van der Waals surface area (Å²) >= 11 is 0. The Bertz CT molecular complexity index is 521. The quantitative estimate of drug-likeness (QED) is 0.277. The van der Waals surface area contributed by atoms with Gasteiger partial charge in [-0.1, -0.05) is 6.08 Å². The monoisotopic (exact) mass is 274 g/mol. The summed E-state index contributed by atoms with van der Waals surface area (Å²) in [6, 6.07) is 0. The number of ether oxygens (including phenoxy) is 1. The van der Waals surface area contributed by atoms with E-state index < -0.39 is 46.5 Å². The van der Waals surface area contributed by atoms with Crippen LogP contribution >= 0.6 is 0 Å². The molecule has 2 rings (SSSR count). The van der Waals surface area contributed by atoms with E-state index >= 15 is 0 Å². The highest BCUT2D eigenvalue weighted by Gasteiger charge is 2.34. The summed E-state index contributed by atoms with van der Waals surface area (Å²) in [6.45, 7) is 3.24. The van der Waals surface area contributed by atoms with Crippen molar-refractivity contribution in [2.45, 2.75) is 19.3 Å². The molecule has 0 heterocycles. The molecule has 1 saturated carbocycles. The Morgan fingerprint density at radius 3 is 2.11 bits per heavy atom. The second kappa shape index (κ2) is 5.03. The van der Waals surface area contributed by atoms with E-state index in [1.165, 1.54) is 0 Å². The standard InChI is InChI=1S/C13H10F4O2/c1-2-3-7-8(14)10(16)12(11(17)9(7)15)19-13(18)6-4-5-6/h2,6H,1,3-5H2. The van der Waals surface area contributed by atoms with Crippen molar-refractivity contribution < 1.29 is 27.1 Å². The van der Waals surface area contributed by atoms with Crippen molar-refractivity contribution >= 4 is 5.97 Å². The highest BCUT2D eigenvalue weighted by Crippen LogP contribution is 2.34. The Balaban J connectivity index is 2.43. The van der Waals surface area contributed by atoms with Crippen molar-refractivity contribution in [2.24, 2.45) is 5.92 Å². The summed E-state index contributed by atoms with van der Waals surface area (Å²) < 4.78 is 58.6. The van der Waals surface area contributed by atoms with E-state index in [0.717, 1.165) is 6.08 Å². The van der Waals surface area contributed by atoms with Crippen LogP contribution in [0.15, 0.2) is 12.7 Å². The maximum atomic E-state index is 13.6. The van der Waals surface area contributed by atoms with Crippen molar-refractivity contribution in [1.29, 1.82) is 0 Å². The Morgan fingerprint density at radius 1 is 1.16 bits per heavy atom. The van der Waals surface area contributed by atoms with Crippen molar-refractivity contribution in [3.05, 3.63) is 41.5 Å². The Labute approximate surface area is 106 Å². The fraction of sp³-hybridized carbons (Fsp3) is 0.308. The van der Waals surface area contributed by atoms with E-state index in [4.69, 9.17) is 0 Å². The molecule has 0 atom stereocenters. The third-order valence-corrected chi connectivity index (χ3v) is 2.78. The molecule has 0 radical (unpaired) electrons. The molecular weight excluding hydrogens is 264 g/mol. The van der Waals surface area contributed by atoms with E-state index in [1.807, 2.05) is 0 Å². The second-order valence-electron chi connectivity index (χ2n) is 4.25. The van der Waals surface area contributed by atoms with Gasteiger partial charge in [-0.3, -0.25) is 4.79 Å². The van der Waals surface area contributed by atoms with Gasteiger partial charge in [0.2, 0.25) is 17.4 Å². The van der Waals surface area contributed by atoms with Crippen LogP contribution < -0.4 is 4.74 Å². The van der Waals surface area contributed by atoms with Gasteiger partial charge in [-0.25, -0.2) is 8.78 Å². The number of hydrogen-bond donors (Lipinski definition) is 0. The molecule has 6 heteroatoms. The molecule has 0 N–H and O–H groups in total. The molecule has 2 nitrogen and oxygen atoms in total. The van der Waals surface area contributed by atoms with Gasteiger partial charge in [0.1, 0.15) is 0 Å². The average Bonchev–Trinajstić information content (AvgIpc) is 3.21. The van der Waals surface area contributed by atoms with Crippen LogP contribution in [-0.2, 0) is 11.2 Å². The predicted octanol–water partition coefficient (Wildman–Crippen LogP) is 3.29. The maximum absolute atomic E-state index is 13.6. The van der Waals surface area contributed by atoms with E-state index in [-0.39, 0.29) is 6.42 Å². The van der Waals surface area contributed by atoms with E-state index in [1.54, 1.807) is 0 Å². The van der Waals surface area contributed by atoms with Crippen LogP contribution in [0.1, 0.15) is 18.4 Å². The molecule has 0 unspecified atom stereocenters. The van der Waals surface area contributed by atoms with Crippen LogP contribution in [0, 0.1) is 29.2 Å². The van der Waals surface area contributed by atoms with Crippen LogP contribution in [0.3, 0.4) is 0 Å².